The Morgan fingerprint density at radius 1 is 1.38 bits per heavy atom. The van der Waals surface area contributed by atoms with Gasteiger partial charge in [0.05, 0.1) is 19.6 Å². The second-order valence-corrected chi connectivity index (χ2v) is 4.46. The predicted octanol–water partition coefficient (Wildman–Crippen LogP) is 0.461. The summed E-state index contributed by atoms with van der Waals surface area (Å²) in [6.45, 7) is 5.92. The van der Waals surface area contributed by atoms with Crippen LogP contribution in [-0.4, -0.2) is 31.6 Å². The minimum absolute atomic E-state index is 0. The van der Waals surface area contributed by atoms with Crippen molar-refractivity contribution in [1.29, 1.82) is 0 Å². The van der Waals surface area contributed by atoms with Crippen LogP contribution in [0, 0.1) is 5.41 Å². The smallest absolute Gasteiger partial charge is 0.307 e. The van der Waals surface area contributed by atoms with Crippen molar-refractivity contribution in [3.8, 4) is 0 Å². The van der Waals surface area contributed by atoms with Gasteiger partial charge in [-0.25, -0.2) is 0 Å². The lowest BCUT2D eigenvalue weighted by Crippen LogP contribution is -2.48. The lowest BCUT2D eigenvalue weighted by molar-refractivity contribution is -0.140. The van der Waals surface area contributed by atoms with Crippen molar-refractivity contribution >= 4 is 24.3 Å². The summed E-state index contributed by atoms with van der Waals surface area (Å²) in [6.07, 6.45) is 0.166. The van der Waals surface area contributed by atoms with Gasteiger partial charge in [0, 0.05) is 6.54 Å². The van der Waals surface area contributed by atoms with Crippen LogP contribution in [0.5, 0.6) is 0 Å². The molecule has 0 aliphatic rings. The van der Waals surface area contributed by atoms with E-state index >= 15 is 0 Å². The van der Waals surface area contributed by atoms with E-state index < -0.39 is 6.04 Å². The number of nitrogens with two attached hydrogens (primary N) is 1. The Morgan fingerprint density at radius 3 is 2.25 bits per heavy atom. The summed E-state index contributed by atoms with van der Waals surface area (Å²) in [7, 11) is 1.31. The Balaban J connectivity index is 0. The number of methoxy groups -OCH3 is 1. The predicted molar refractivity (Wildman–Crippen MR) is 64.3 cm³/mol. The number of halogens is 1. The fraction of sp³-hybridized carbons (Fsp3) is 0.800. The molecule has 0 spiro atoms. The molecule has 0 fully saturated rings. The monoisotopic (exact) mass is 252 g/mol. The Morgan fingerprint density at radius 2 is 1.88 bits per heavy atom. The first kappa shape index (κ1) is 17.6. The van der Waals surface area contributed by atoms with E-state index in [2.05, 4.69) is 10.1 Å². The van der Waals surface area contributed by atoms with E-state index in [9.17, 15) is 9.59 Å². The molecule has 0 aliphatic heterocycles. The van der Waals surface area contributed by atoms with E-state index in [1.165, 1.54) is 7.11 Å². The molecule has 16 heavy (non-hydrogen) atoms. The van der Waals surface area contributed by atoms with Crippen molar-refractivity contribution in [2.45, 2.75) is 33.2 Å². The van der Waals surface area contributed by atoms with Crippen LogP contribution in [0.1, 0.15) is 27.2 Å². The molecule has 0 rings (SSSR count). The minimum atomic E-state index is -0.574. The topological polar surface area (TPSA) is 81.4 Å². The zero-order chi connectivity index (χ0) is 12.1. The lowest BCUT2D eigenvalue weighted by atomic mass is 9.87. The van der Waals surface area contributed by atoms with Crippen LogP contribution >= 0.6 is 12.4 Å². The number of carbonyl (C=O) groups excluding carboxylic acids is 2. The number of carbonyl (C=O) groups is 2. The number of hydrogen-bond donors (Lipinski definition) is 2. The highest BCUT2D eigenvalue weighted by Gasteiger charge is 2.27. The number of ether oxygens (including phenoxy) is 1. The third-order valence-corrected chi connectivity index (χ3v) is 2.07. The molecule has 0 aliphatic carbocycles. The van der Waals surface area contributed by atoms with Gasteiger partial charge in [-0.05, 0) is 5.41 Å². The number of esters is 1. The first-order valence-corrected chi connectivity index (χ1v) is 4.89. The zero-order valence-electron chi connectivity index (χ0n) is 10.2. The Labute approximate surface area is 103 Å². The van der Waals surface area contributed by atoms with Crippen LogP contribution < -0.4 is 11.1 Å². The summed E-state index contributed by atoms with van der Waals surface area (Å²) in [6, 6.07) is -0.574. The fourth-order valence-corrected chi connectivity index (χ4v) is 0.893. The summed E-state index contributed by atoms with van der Waals surface area (Å²) >= 11 is 0. The molecule has 0 radical (unpaired) electrons. The van der Waals surface area contributed by atoms with E-state index in [0.717, 1.165) is 0 Å². The van der Waals surface area contributed by atoms with Gasteiger partial charge in [-0.2, -0.15) is 0 Å². The largest absolute Gasteiger partial charge is 0.469 e. The summed E-state index contributed by atoms with van der Waals surface area (Å²) in [5.41, 5.74) is 5.43. The van der Waals surface area contributed by atoms with Crippen LogP contribution in [0.4, 0.5) is 0 Å². The molecular formula is C10H21ClN2O3. The van der Waals surface area contributed by atoms with Crippen LogP contribution in [0.25, 0.3) is 0 Å². The Kier molecular flexibility index (Phi) is 8.20. The van der Waals surface area contributed by atoms with Gasteiger partial charge < -0.3 is 15.8 Å². The summed E-state index contributed by atoms with van der Waals surface area (Å²) in [4.78, 5) is 22.2. The van der Waals surface area contributed by atoms with Crippen molar-refractivity contribution in [2.24, 2.45) is 11.1 Å². The van der Waals surface area contributed by atoms with Crippen molar-refractivity contribution in [1.82, 2.24) is 5.32 Å². The van der Waals surface area contributed by atoms with Gasteiger partial charge >= 0.3 is 5.97 Å². The highest BCUT2D eigenvalue weighted by atomic mass is 35.5. The average molecular weight is 253 g/mol. The molecule has 5 nitrogen and oxygen atoms in total. The normalized spacial score (nSPS) is 12.3. The Hall–Kier alpha value is -0.810. The van der Waals surface area contributed by atoms with Crippen molar-refractivity contribution in [3.63, 3.8) is 0 Å². The van der Waals surface area contributed by atoms with Gasteiger partial charge in [-0.3, -0.25) is 9.59 Å². The van der Waals surface area contributed by atoms with E-state index in [0.29, 0.717) is 0 Å². The lowest BCUT2D eigenvalue weighted by Gasteiger charge is -2.25. The van der Waals surface area contributed by atoms with Gasteiger partial charge in [0.15, 0.2) is 0 Å². The van der Waals surface area contributed by atoms with E-state index in [1.807, 2.05) is 20.8 Å². The fourth-order valence-electron chi connectivity index (χ4n) is 0.893. The zero-order valence-corrected chi connectivity index (χ0v) is 11.0. The molecule has 0 aromatic rings. The molecule has 0 aromatic heterocycles. The maximum atomic E-state index is 11.5. The molecule has 1 atom stereocenters. The third kappa shape index (κ3) is 6.63. The van der Waals surface area contributed by atoms with Crippen molar-refractivity contribution in [2.75, 3.05) is 13.7 Å². The molecule has 0 saturated carbocycles. The SMILES string of the molecule is COC(=O)CCNC(=O)[C@@H](N)C(C)(C)C.Cl. The number of hydrogen-bond acceptors (Lipinski definition) is 4. The van der Waals surface area contributed by atoms with Gasteiger partial charge in [-0.1, -0.05) is 20.8 Å². The average Bonchev–Trinajstić information content (AvgIpc) is 2.14. The summed E-state index contributed by atoms with van der Waals surface area (Å²) < 4.78 is 4.44. The third-order valence-electron chi connectivity index (χ3n) is 2.07. The van der Waals surface area contributed by atoms with E-state index in [-0.39, 0.29) is 42.7 Å². The molecule has 0 bridgehead atoms. The van der Waals surface area contributed by atoms with Crippen molar-refractivity contribution < 1.29 is 14.3 Å². The van der Waals surface area contributed by atoms with Crippen LogP contribution in [0.15, 0.2) is 0 Å². The second-order valence-electron chi connectivity index (χ2n) is 4.46. The number of rotatable bonds is 4. The molecule has 0 heterocycles. The molecule has 0 unspecified atom stereocenters. The summed E-state index contributed by atoms with van der Waals surface area (Å²) in [5.74, 6) is -0.592. The highest BCUT2D eigenvalue weighted by molar-refractivity contribution is 5.85. The molecule has 0 saturated heterocycles. The molecule has 3 N–H and O–H groups in total. The number of amides is 1. The number of nitrogens with one attached hydrogen (secondary N) is 1. The standard InChI is InChI=1S/C10H20N2O3.ClH/c1-10(2,3)8(11)9(14)12-6-5-7(13)15-4;/h8H,5-6,11H2,1-4H3,(H,12,14);1H/t8-;/m1./s1. The molecule has 6 heteroatoms. The van der Waals surface area contributed by atoms with E-state index in [1.54, 1.807) is 0 Å². The van der Waals surface area contributed by atoms with Crippen molar-refractivity contribution in [3.05, 3.63) is 0 Å². The van der Waals surface area contributed by atoms with E-state index in [4.69, 9.17) is 5.73 Å². The Bertz CT molecular complexity index is 239. The molecule has 96 valence electrons. The first-order chi connectivity index (χ1) is 6.79. The molecule has 0 aromatic carbocycles. The molecule has 1 amide bonds. The minimum Gasteiger partial charge on any atom is -0.469 e. The summed E-state index contributed by atoms with van der Waals surface area (Å²) in [5, 5.41) is 2.59. The second kappa shape index (κ2) is 7.46. The quantitative estimate of drug-likeness (QED) is 0.713. The maximum Gasteiger partial charge on any atom is 0.307 e. The first-order valence-electron chi connectivity index (χ1n) is 4.89. The van der Waals surface area contributed by atoms with Crippen LogP contribution in [-0.2, 0) is 14.3 Å². The van der Waals surface area contributed by atoms with Crippen LogP contribution in [0.3, 0.4) is 0 Å². The van der Waals surface area contributed by atoms with Gasteiger partial charge in [0.1, 0.15) is 0 Å². The van der Waals surface area contributed by atoms with Gasteiger partial charge in [0.25, 0.3) is 0 Å². The van der Waals surface area contributed by atoms with Gasteiger partial charge in [0.2, 0.25) is 5.91 Å². The molecular weight excluding hydrogens is 232 g/mol. The van der Waals surface area contributed by atoms with Crippen LogP contribution in [0.2, 0.25) is 0 Å². The van der Waals surface area contributed by atoms with Gasteiger partial charge in [-0.15, -0.1) is 12.4 Å². The maximum absolute atomic E-state index is 11.5. The highest BCUT2D eigenvalue weighted by Crippen LogP contribution is 2.16.